The average Bonchev–Trinajstić information content (AvgIpc) is 2.93. The van der Waals surface area contributed by atoms with Crippen LogP contribution < -0.4 is 10.6 Å². The molecule has 3 rings (SSSR count). The molecule has 2 amide bonds. The number of benzene rings is 3. The summed E-state index contributed by atoms with van der Waals surface area (Å²) in [6, 6.07) is 26.7. The molecule has 38 heavy (non-hydrogen) atoms. The number of carbonyl (C=O) groups is 3. The van der Waals surface area contributed by atoms with Crippen LogP contribution in [0.2, 0.25) is 0 Å². The summed E-state index contributed by atoms with van der Waals surface area (Å²) in [6.45, 7) is 5.91. The monoisotopic (exact) mass is 514 g/mol. The molecule has 0 unspecified atom stereocenters. The second-order valence-corrected chi connectivity index (χ2v) is 10.1. The molecular weight excluding hydrogens is 476 g/mol. The zero-order chi connectivity index (χ0) is 27.5. The Kier molecular flexibility index (Phi) is 10.6. The highest BCUT2D eigenvalue weighted by atomic mass is 16.5. The lowest BCUT2D eigenvalue weighted by Gasteiger charge is -2.25. The van der Waals surface area contributed by atoms with Crippen molar-refractivity contribution in [3.63, 3.8) is 0 Å². The van der Waals surface area contributed by atoms with Crippen molar-refractivity contribution in [2.45, 2.75) is 52.1 Å². The number of amides is 2. The number of hydrogen-bond acceptors (Lipinski definition) is 4. The fourth-order valence-electron chi connectivity index (χ4n) is 4.47. The van der Waals surface area contributed by atoms with Crippen molar-refractivity contribution in [2.75, 3.05) is 7.11 Å². The van der Waals surface area contributed by atoms with Crippen LogP contribution in [0.4, 0.5) is 0 Å². The minimum atomic E-state index is -0.802. The van der Waals surface area contributed by atoms with Crippen LogP contribution in [0.15, 0.2) is 84.9 Å². The Morgan fingerprint density at radius 3 is 1.89 bits per heavy atom. The SMILES string of the molecule is COC(=O)C[C@@H](CC(C)C)C(=O)N[C@@H](Cc1ccc(-c2ccccc2)cc1)C(=O)N[C@@H](C)c1ccccc1. The lowest BCUT2D eigenvalue weighted by atomic mass is 9.92. The van der Waals surface area contributed by atoms with Crippen LogP contribution in [0.25, 0.3) is 11.1 Å². The molecule has 0 saturated carbocycles. The standard InChI is InChI=1S/C32H38N2O4/c1-22(2)19-28(21-30(35)38-4)31(36)34-29(32(37)33-23(3)25-11-7-5-8-12-25)20-24-15-17-27(18-16-24)26-13-9-6-10-14-26/h5-18,22-23,28-29H,19-21H2,1-4H3,(H,33,37)(H,34,36)/t23-,28+,29-/m0/s1. The number of carbonyl (C=O) groups excluding carboxylic acids is 3. The van der Waals surface area contributed by atoms with E-state index in [4.69, 9.17) is 4.74 Å². The summed E-state index contributed by atoms with van der Waals surface area (Å²) in [5.41, 5.74) is 4.08. The van der Waals surface area contributed by atoms with E-state index in [1.165, 1.54) is 7.11 Å². The maximum Gasteiger partial charge on any atom is 0.306 e. The first-order valence-corrected chi connectivity index (χ1v) is 13.1. The Balaban J connectivity index is 1.80. The molecule has 0 aliphatic rings. The Labute approximate surface area is 225 Å². The van der Waals surface area contributed by atoms with Crippen LogP contribution in [0.3, 0.4) is 0 Å². The van der Waals surface area contributed by atoms with Crippen LogP contribution in [0.5, 0.6) is 0 Å². The lowest BCUT2D eigenvalue weighted by molar-refractivity contribution is -0.144. The Bertz CT molecular complexity index is 1180. The lowest BCUT2D eigenvalue weighted by Crippen LogP contribution is -2.50. The van der Waals surface area contributed by atoms with Gasteiger partial charge in [0.25, 0.3) is 0 Å². The molecular formula is C32H38N2O4. The summed E-state index contributed by atoms with van der Waals surface area (Å²) in [6.07, 6.45) is 0.809. The van der Waals surface area contributed by atoms with Gasteiger partial charge in [-0.15, -0.1) is 0 Å². The minimum Gasteiger partial charge on any atom is -0.469 e. The molecule has 0 spiro atoms. The summed E-state index contributed by atoms with van der Waals surface area (Å²) in [7, 11) is 1.31. The van der Waals surface area contributed by atoms with Gasteiger partial charge >= 0.3 is 5.97 Å². The highest BCUT2D eigenvalue weighted by Gasteiger charge is 2.29. The summed E-state index contributed by atoms with van der Waals surface area (Å²) < 4.78 is 4.81. The van der Waals surface area contributed by atoms with Gasteiger partial charge in [-0.2, -0.15) is 0 Å². The quantitative estimate of drug-likeness (QED) is 0.313. The van der Waals surface area contributed by atoms with E-state index in [1.54, 1.807) is 0 Å². The molecule has 6 nitrogen and oxygen atoms in total. The molecule has 0 radical (unpaired) electrons. The van der Waals surface area contributed by atoms with Crippen molar-refractivity contribution < 1.29 is 19.1 Å². The fraction of sp³-hybridized carbons (Fsp3) is 0.344. The molecule has 3 aromatic carbocycles. The van der Waals surface area contributed by atoms with E-state index in [0.717, 1.165) is 22.3 Å². The van der Waals surface area contributed by atoms with Crippen molar-refractivity contribution in [2.24, 2.45) is 11.8 Å². The van der Waals surface area contributed by atoms with E-state index in [1.807, 2.05) is 106 Å². The summed E-state index contributed by atoms with van der Waals surface area (Å²) in [5, 5.41) is 5.99. The van der Waals surface area contributed by atoms with Gasteiger partial charge in [-0.3, -0.25) is 14.4 Å². The highest BCUT2D eigenvalue weighted by molar-refractivity contribution is 5.90. The average molecular weight is 515 g/mol. The van der Waals surface area contributed by atoms with Gasteiger partial charge in [0.05, 0.1) is 19.6 Å². The van der Waals surface area contributed by atoms with Gasteiger partial charge in [0.15, 0.2) is 0 Å². The second-order valence-electron chi connectivity index (χ2n) is 10.1. The van der Waals surface area contributed by atoms with E-state index in [-0.39, 0.29) is 30.2 Å². The van der Waals surface area contributed by atoms with Gasteiger partial charge < -0.3 is 15.4 Å². The predicted molar refractivity (Wildman–Crippen MR) is 150 cm³/mol. The van der Waals surface area contributed by atoms with Crippen molar-refractivity contribution >= 4 is 17.8 Å². The molecule has 3 atom stereocenters. The van der Waals surface area contributed by atoms with Crippen LogP contribution in [-0.4, -0.2) is 30.9 Å². The number of hydrogen-bond donors (Lipinski definition) is 2. The summed E-state index contributed by atoms with van der Waals surface area (Å²) in [5.74, 6) is -1.42. The van der Waals surface area contributed by atoms with Crippen molar-refractivity contribution in [3.8, 4) is 11.1 Å². The minimum absolute atomic E-state index is 0.0267. The van der Waals surface area contributed by atoms with Crippen LogP contribution in [0.1, 0.15) is 50.8 Å². The molecule has 0 fully saturated rings. The van der Waals surface area contributed by atoms with E-state index in [0.29, 0.717) is 12.8 Å². The van der Waals surface area contributed by atoms with Gasteiger partial charge in [-0.1, -0.05) is 98.8 Å². The third kappa shape index (κ3) is 8.58. The van der Waals surface area contributed by atoms with Crippen molar-refractivity contribution in [3.05, 3.63) is 96.1 Å². The van der Waals surface area contributed by atoms with Crippen LogP contribution in [-0.2, 0) is 25.5 Å². The molecule has 0 aromatic heterocycles. The zero-order valence-corrected chi connectivity index (χ0v) is 22.6. The van der Waals surface area contributed by atoms with E-state index in [2.05, 4.69) is 10.6 Å². The Morgan fingerprint density at radius 2 is 1.32 bits per heavy atom. The molecule has 6 heteroatoms. The Hall–Kier alpha value is -3.93. The normalized spacial score (nSPS) is 13.3. The first kappa shape index (κ1) is 28.6. The molecule has 2 N–H and O–H groups in total. The van der Waals surface area contributed by atoms with Crippen molar-refractivity contribution in [1.82, 2.24) is 10.6 Å². The molecule has 200 valence electrons. The number of methoxy groups -OCH3 is 1. The molecule has 0 heterocycles. The topological polar surface area (TPSA) is 84.5 Å². The third-order valence-electron chi connectivity index (χ3n) is 6.56. The van der Waals surface area contributed by atoms with Crippen LogP contribution in [0, 0.1) is 11.8 Å². The van der Waals surface area contributed by atoms with Gasteiger partial charge in [-0.05, 0) is 41.5 Å². The highest BCUT2D eigenvalue weighted by Crippen LogP contribution is 2.21. The van der Waals surface area contributed by atoms with Gasteiger partial charge in [0.1, 0.15) is 6.04 Å². The zero-order valence-electron chi connectivity index (χ0n) is 22.6. The van der Waals surface area contributed by atoms with E-state index >= 15 is 0 Å². The predicted octanol–water partition coefficient (Wildman–Crippen LogP) is 5.48. The Morgan fingerprint density at radius 1 is 0.737 bits per heavy atom. The maximum atomic E-state index is 13.5. The number of rotatable bonds is 12. The molecule has 3 aromatic rings. The number of ether oxygens (including phenoxy) is 1. The molecule has 0 aliphatic heterocycles. The van der Waals surface area contributed by atoms with Crippen molar-refractivity contribution in [1.29, 1.82) is 0 Å². The maximum absolute atomic E-state index is 13.5. The number of esters is 1. The first-order valence-electron chi connectivity index (χ1n) is 13.1. The largest absolute Gasteiger partial charge is 0.469 e. The smallest absolute Gasteiger partial charge is 0.306 e. The van der Waals surface area contributed by atoms with Gasteiger partial charge in [-0.25, -0.2) is 0 Å². The number of nitrogens with one attached hydrogen (secondary N) is 2. The van der Waals surface area contributed by atoms with Crippen LogP contribution >= 0.6 is 0 Å². The second kappa shape index (κ2) is 14.1. The molecule has 0 bridgehead atoms. The van der Waals surface area contributed by atoms with Gasteiger partial charge in [0.2, 0.25) is 11.8 Å². The third-order valence-corrected chi connectivity index (χ3v) is 6.56. The van der Waals surface area contributed by atoms with E-state index < -0.39 is 17.9 Å². The first-order chi connectivity index (χ1) is 18.3. The molecule has 0 saturated heterocycles. The van der Waals surface area contributed by atoms with Gasteiger partial charge in [0, 0.05) is 12.3 Å². The molecule has 0 aliphatic carbocycles. The fourth-order valence-corrected chi connectivity index (χ4v) is 4.47. The summed E-state index contributed by atoms with van der Waals surface area (Å²) >= 11 is 0. The van der Waals surface area contributed by atoms with E-state index in [9.17, 15) is 14.4 Å². The summed E-state index contributed by atoms with van der Waals surface area (Å²) in [4.78, 5) is 38.8.